The molecule has 0 bridgehead atoms. The van der Waals surface area contributed by atoms with Crippen LogP contribution in [0.25, 0.3) is 11.4 Å². The van der Waals surface area contributed by atoms with E-state index in [9.17, 15) is 0 Å². The van der Waals surface area contributed by atoms with Gasteiger partial charge in [-0.2, -0.15) is 4.98 Å². The van der Waals surface area contributed by atoms with Crippen LogP contribution in [0.4, 0.5) is 5.69 Å². The SMILES string of the molecule is CC(C)c1nc(-c2ccc(Cl)cc2N)no1. The van der Waals surface area contributed by atoms with Crippen LogP contribution in [0.15, 0.2) is 22.7 Å². The van der Waals surface area contributed by atoms with Gasteiger partial charge in [-0.05, 0) is 18.2 Å². The summed E-state index contributed by atoms with van der Waals surface area (Å²) in [5.41, 5.74) is 7.11. The van der Waals surface area contributed by atoms with Crippen LogP contribution in [0.2, 0.25) is 5.02 Å². The Hall–Kier alpha value is -1.55. The van der Waals surface area contributed by atoms with Gasteiger partial charge in [-0.15, -0.1) is 0 Å². The molecule has 1 aromatic heterocycles. The Kier molecular flexibility index (Phi) is 2.83. The topological polar surface area (TPSA) is 64.9 Å². The van der Waals surface area contributed by atoms with E-state index in [2.05, 4.69) is 10.1 Å². The lowest BCUT2D eigenvalue weighted by Gasteiger charge is -2.00. The number of aromatic nitrogens is 2. The van der Waals surface area contributed by atoms with E-state index in [1.54, 1.807) is 18.2 Å². The van der Waals surface area contributed by atoms with Crippen LogP contribution < -0.4 is 5.73 Å². The third kappa shape index (κ3) is 2.02. The summed E-state index contributed by atoms with van der Waals surface area (Å²) in [6, 6.07) is 5.20. The molecule has 0 saturated heterocycles. The van der Waals surface area contributed by atoms with E-state index < -0.39 is 0 Å². The Morgan fingerprint density at radius 1 is 1.38 bits per heavy atom. The zero-order chi connectivity index (χ0) is 11.7. The molecule has 0 aliphatic rings. The molecule has 1 heterocycles. The summed E-state index contributed by atoms with van der Waals surface area (Å²) in [5.74, 6) is 1.30. The molecule has 0 aliphatic carbocycles. The van der Waals surface area contributed by atoms with E-state index in [0.717, 1.165) is 5.56 Å². The van der Waals surface area contributed by atoms with Crippen molar-refractivity contribution in [2.75, 3.05) is 5.73 Å². The fourth-order valence-electron chi connectivity index (χ4n) is 1.32. The van der Waals surface area contributed by atoms with Gasteiger partial charge in [0.25, 0.3) is 0 Å². The minimum Gasteiger partial charge on any atom is -0.398 e. The summed E-state index contributed by atoms with van der Waals surface area (Å²) in [5, 5.41) is 4.48. The second kappa shape index (κ2) is 4.14. The maximum Gasteiger partial charge on any atom is 0.229 e. The number of rotatable bonds is 2. The molecule has 0 atom stereocenters. The van der Waals surface area contributed by atoms with Crippen LogP contribution in [0.1, 0.15) is 25.7 Å². The van der Waals surface area contributed by atoms with Crippen LogP contribution in [0.3, 0.4) is 0 Å². The second-order valence-corrected chi connectivity index (χ2v) is 4.28. The first-order chi connectivity index (χ1) is 7.58. The summed E-state index contributed by atoms with van der Waals surface area (Å²) >= 11 is 5.82. The standard InChI is InChI=1S/C11H12ClN3O/c1-6(2)11-14-10(15-16-11)8-4-3-7(12)5-9(8)13/h3-6H,13H2,1-2H3. The molecule has 16 heavy (non-hydrogen) atoms. The number of nitrogens with zero attached hydrogens (tertiary/aromatic N) is 2. The van der Waals surface area contributed by atoms with Gasteiger partial charge in [0.1, 0.15) is 0 Å². The normalized spacial score (nSPS) is 11.0. The van der Waals surface area contributed by atoms with Gasteiger partial charge in [-0.1, -0.05) is 30.6 Å². The van der Waals surface area contributed by atoms with Gasteiger partial charge in [-0.25, -0.2) is 0 Å². The molecule has 0 saturated carbocycles. The lowest BCUT2D eigenvalue weighted by molar-refractivity contribution is 0.365. The molecular formula is C11H12ClN3O. The Bertz CT molecular complexity index is 508. The quantitative estimate of drug-likeness (QED) is 0.816. The Labute approximate surface area is 98.4 Å². The second-order valence-electron chi connectivity index (χ2n) is 3.84. The third-order valence-electron chi connectivity index (χ3n) is 2.19. The summed E-state index contributed by atoms with van der Waals surface area (Å²) in [4.78, 5) is 4.27. The van der Waals surface area contributed by atoms with Gasteiger partial charge < -0.3 is 10.3 Å². The van der Waals surface area contributed by atoms with Crippen molar-refractivity contribution in [3.63, 3.8) is 0 Å². The number of nitrogen functional groups attached to an aromatic ring is 1. The van der Waals surface area contributed by atoms with E-state index in [-0.39, 0.29) is 5.92 Å². The summed E-state index contributed by atoms with van der Waals surface area (Å²) in [6.45, 7) is 3.98. The van der Waals surface area contributed by atoms with Crippen molar-refractivity contribution < 1.29 is 4.52 Å². The molecule has 5 heteroatoms. The Morgan fingerprint density at radius 2 is 2.12 bits per heavy atom. The molecule has 2 rings (SSSR count). The van der Waals surface area contributed by atoms with Crippen molar-refractivity contribution in [2.24, 2.45) is 0 Å². The van der Waals surface area contributed by atoms with Crippen LogP contribution in [0.5, 0.6) is 0 Å². The van der Waals surface area contributed by atoms with Crippen molar-refractivity contribution in [1.82, 2.24) is 10.1 Å². The Morgan fingerprint density at radius 3 is 2.69 bits per heavy atom. The smallest absolute Gasteiger partial charge is 0.229 e. The highest BCUT2D eigenvalue weighted by atomic mass is 35.5. The molecule has 0 radical (unpaired) electrons. The van der Waals surface area contributed by atoms with Gasteiger partial charge in [0, 0.05) is 22.2 Å². The number of nitrogens with two attached hydrogens (primary N) is 1. The number of hydrogen-bond acceptors (Lipinski definition) is 4. The average Bonchev–Trinajstić information content (AvgIpc) is 2.66. The predicted octanol–water partition coefficient (Wildman–Crippen LogP) is 3.10. The zero-order valence-corrected chi connectivity index (χ0v) is 9.82. The van der Waals surface area contributed by atoms with Crippen molar-refractivity contribution in [3.8, 4) is 11.4 Å². The molecule has 0 spiro atoms. The highest BCUT2D eigenvalue weighted by molar-refractivity contribution is 6.31. The minimum absolute atomic E-state index is 0.203. The van der Waals surface area contributed by atoms with Crippen molar-refractivity contribution >= 4 is 17.3 Å². The lowest BCUT2D eigenvalue weighted by Crippen LogP contribution is -1.92. The van der Waals surface area contributed by atoms with Crippen molar-refractivity contribution in [1.29, 1.82) is 0 Å². The third-order valence-corrected chi connectivity index (χ3v) is 2.43. The van der Waals surface area contributed by atoms with E-state index in [4.69, 9.17) is 21.9 Å². The first kappa shape index (κ1) is 11.0. The van der Waals surface area contributed by atoms with E-state index in [1.807, 2.05) is 13.8 Å². The summed E-state index contributed by atoms with van der Waals surface area (Å²) in [7, 11) is 0. The number of halogens is 1. The largest absolute Gasteiger partial charge is 0.398 e. The molecule has 1 aromatic carbocycles. The van der Waals surface area contributed by atoms with Crippen molar-refractivity contribution in [3.05, 3.63) is 29.1 Å². The maximum absolute atomic E-state index is 5.83. The van der Waals surface area contributed by atoms with Crippen molar-refractivity contribution in [2.45, 2.75) is 19.8 Å². The molecule has 84 valence electrons. The van der Waals surface area contributed by atoms with Gasteiger partial charge in [0.15, 0.2) is 0 Å². The monoisotopic (exact) mass is 237 g/mol. The fraction of sp³-hybridized carbons (Fsp3) is 0.273. The minimum atomic E-state index is 0.203. The molecule has 0 aliphatic heterocycles. The number of benzene rings is 1. The number of anilines is 1. The summed E-state index contributed by atoms with van der Waals surface area (Å²) < 4.78 is 5.12. The molecule has 4 nitrogen and oxygen atoms in total. The highest BCUT2D eigenvalue weighted by Crippen LogP contribution is 2.27. The lowest BCUT2D eigenvalue weighted by atomic mass is 10.1. The number of hydrogen-bond donors (Lipinski definition) is 1. The van der Waals surface area contributed by atoms with E-state index in [1.165, 1.54) is 0 Å². The molecular weight excluding hydrogens is 226 g/mol. The van der Waals surface area contributed by atoms with Gasteiger partial charge in [-0.3, -0.25) is 0 Å². The highest BCUT2D eigenvalue weighted by Gasteiger charge is 2.13. The first-order valence-corrected chi connectivity index (χ1v) is 5.34. The van der Waals surface area contributed by atoms with Gasteiger partial charge in [0.2, 0.25) is 11.7 Å². The molecule has 2 N–H and O–H groups in total. The maximum atomic E-state index is 5.83. The van der Waals surface area contributed by atoms with Crippen LogP contribution in [0, 0.1) is 0 Å². The summed E-state index contributed by atoms with van der Waals surface area (Å²) in [6.07, 6.45) is 0. The molecule has 0 unspecified atom stereocenters. The molecule has 0 amide bonds. The van der Waals surface area contributed by atoms with E-state index >= 15 is 0 Å². The average molecular weight is 238 g/mol. The van der Waals surface area contributed by atoms with Gasteiger partial charge >= 0.3 is 0 Å². The van der Waals surface area contributed by atoms with Crippen LogP contribution >= 0.6 is 11.6 Å². The van der Waals surface area contributed by atoms with E-state index in [0.29, 0.717) is 22.4 Å². The predicted molar refractivity (Wildman–Crippen MR) is 63.2 cm³/mol. The van der Waals surface area contributed by atoms with Gasteiger partial charge in [0.05, 0.1) is 0 Å². The van der Waals surface area contributed by atoms with Crippen LogP contribution in [-0.4, -0.2) is 10.1 Å². The Balaban J connectivity index is 2.42. The molecule has 0 fully saturated rings. The molecule has 2 aromatic rings. The zero-order valence-electron chi connectivity index (χ0n) is 9.07. The first-order valence-electron chi connectivity index (χ1n) is 4.97. The fourth-order valence-corrected chi connectivity index (χ4v) is 1.50. The van der Waals surface area contributed by atoms with Crippen LogP contribution in [-0.2, 0) is 0 Å².